The Kier molecular flexibility index (Phi) is 3.63. The molecule has 0 fully saturated rings. The van der Waals surface area contributed by atoms with Gasteiger partial charge in [0.05, 0.1) is 5.01 Å². The molecule has 13 heavy (non-hydrogen) atoms. The summed E-state index contributed by atoms with van der Waals surface area (Å²) in [5, 5.41) is 1.10. The normalized spacial score (nSPS) is 12.5. The lowest BCUT2D eigenvalue weighted by molar-refractivity contribution is 0.753. The summed E-state index contributed by atoms with van der Waals surface area (Å²) in [7, 11) is 0. The zero-order valence-electron chi connectivity index (χ0n) is 8.37. The van der Waals surface area contributed by atoms with Crippen molar-refractivity contribution in [2.45, 2.75) is 20.8 Å². The van der Waals surface area contributed by atoms with Gasteiger partial charge in [-0.2, -0.15) is 0 Å². The average Bonchev–Trinajstić information content (AvgIpc) is 2.46. The Balaban J connectivity index is 2.84. The number of hydrogen-bond acceptors (Lipinski definition) is 3. The minimum absolute atomic E-state index is 0.521. The number of rotatable bonds is 3. The van der Waals surface area contributed by atoms with E-state index in [0.717, 1.165) is 5.01 Å². The third-order valence-corrected chi connectivity index (χ3v) is 2.80. The third-order valence-electron chi connectivity index (χ3n) is 1.94. The first-order chi connectivity index (χ1) is 6.13. The van der Waals surface area contributed by atoms with Crippen LogP contribution in [0.4, 0.5) is 0 Å². The molecular weight excluding hydrogens is 180 g/mol. The first kappa shape index (κ1) is 10.4. The van der Waals surface area contributed by atoms with Crippen molar-refractivity contribution in [3.05, 3.63) is 21.7 Å². The van der Waals surface area contributed by atoms with E-state index in [1.807, 2.05) is 13.1 Å². The molecule has 2 N–H and O–H groups in total. The first-order valence-electron chi connectivity index (χ1n) is 4.46. The molecule has 3 heteroatoms. The largest absolute Gasteiger partial charge is 0.327 e. The standard InChI is InChI=1S/C10H16N2S/c1-7(2)9(5-11)4-10-6-12-8(3)13-10/h4,6-7H,5,11H2,1-3H3. The van der Waals surface area contributed by atoms with Crippen LogP contribution in [0.25, 0.3) is 6.08 Å². The maximum atomic E-state index is 5.64. The van der Waals surface area contributed by atoms with E-state index in [2.05, 4.69) is 24.9 Å². The summed E-state index contributed by atoms with van der Waals surface area (Å²) in [4.78, 5) is 5.40. The summed E-state index contributed by atoms with van der Waals surface area (Å²) >= 11 is 1.71. The summed E-state index contributed by atoms with van der Waals surface area (Å²) < 4.78 is 0. The van der Waals surface area contributed by atoms with Gasteiger partial charge in [-0.3, -0.25) is 0 Å². The summed E-state index contributed by atoms with van der Waals surface area (Å²) in [5.41, 5.74) is 6.93. The SMILES string of the molecule is Cc1ncc(C=C(CN)C(C)C)s1. The van der Waals surface area contributed by atoms with Gasteiger partial charge in [-0.05, 0) is 18.9 Å². The Morgan fingerprint density at radius 3 is 2.77 bits per heavy atom. The molecule has 2 nitrogen and oxygen atoms in total. The molecule has 0 amide bonds. The van der Waals surface area contributed by atoms with Crippen LogP contribution in [0, 0.1) is 12.8 Å². The Bertz CT molecular complexity index is 300. The summed E-state index contributed by atoms with van der Waals surface area (Å²) in [5.74, 6) is 0.521. The second kappa shape index (κ2) is 4.53. The number of nitrogens with zero attached hydrogens (tertiary/aromatic N) is 1. The highest BCUT2D eigenvalue weighted by Crippen LogP contribution is 2.18. The van der Waals surface area contributed by atoms with Crippen LogP contribution in [0.3, 0.4) is 0 Å². The van der Waals surface area contributed by atoms with E-state index in [0.29, 0.717) is 12.5 Å². The van der Waals surface area contributed by atoms with Crippen molar-refractivity contribution in [2.24, 2.45) is 11.7 Å². The first-order valence-corrected chi connectivity index (χ1v) is 5.28. The van der Waals surface area contributed by atoms with Gasteiger partial charge in [-0.1, -0.05) is 19.4 Å². The highest BCUT2D eigenvalue weighted by atomic mass is 32.1. The summed E-state index contributed by atoms with van der Waals surface area (Å²) in [6.07, 6.45) is 4.05. The minimum atomic E-state index is 0.521. The lowest BCUT2D eigenvalue weighted by Gasteiger charge is -2.06. The fourth-order valence-corrected chi connectivity index (χ4v) is 1.85. The second-order valence-electron chi connectivity index (χ2n) is 3.36. The number of aromatic nitrogens is 1. The summed E-state index contributed by atoms with van der Waals surface area (Å²) in [6, 6.07) is 0. The van der Waals surface area contributed by atoms with E-state index in [1.165, 1.54) is 10.5 Å². The topological polar surface area (TPSA) is 38.9 Å². The predicted octanol–water partition coefficient (Wildman–Crippen LogP) is 2.45. The maximum Gasteiger partial charge on any atom is 0.0900 e. The molecule has 1 heterocycles. The number of thiazole rings is 1. The van der Waals surface area contributed by atoms with Crippen LogP contribution < -0.4 is 5.73 Å². The van der Waals surface area contributed by atoms with Crippen molar-refractivity contribution in [3.8, 4) is 0 Å². The maximum absolute atomic E-state index is 5.64. The average molecular weight is 196 g/mol. The van der Waals surface area contributed by atoms with E-state index >= 15 is 0 Å². The van der Waals surface area contributed by atoms with Gasteiger partial charge in [-0.25, -0.2) is 4.98 Å². The van der Waals surface area contributed by atoms with Crippen molar-refractivity contribution in [2.75, 3.05) is 6.54 Å². The molecule has 0 atom stereocenters. The van der Waals surface area contributed by atoms with Crippen molar-refractivity contribution in [3.63, 3.8) is 0 Å². The lowest BCUT2D eigenvalue weighted by atomic mass is 10.0. The van der Waals surface area contributed by atoms with Crippen LogP contribution in [-0.4, -0.2) is 11.5 Å². The van der Waals surface area contributed by atoms with Gasteiger partial charge in [0.15, 0.2) is 0 Å². The molecule has 0 unspecified atom stereocenters. The van der Waals surface area contributed by atoms with E-state index < -0.39 is 0 Å². The van der Waals surface area contributed by atoms with Gasteiger partial charge in [0.1, 0.15) is 0 Å². The van der Waals surface area contributed by atoms with Gasteiger partial charge in [-0.15, -0.1) is 11.3 Å². The van der Waals surface area contributed by atoms with Crippen molar-refractivity contribution in [1.29, 1.82) is 0 Å². The third kappa shape index (κ3) is 2.94. The van der Waals surface area contributed by atoms with Gasteiger partial charge in [0.2, 0.25) is 0 Å². The van der Waals surface area contributed by atoms with Gasteiger partial charge in [0, 0.05) is 17.6 Å². The molecular formula is C10H16N2S. The minimum Gasteiger partial charge on any atom is -0.327 e. The molecule has 0 bridgehead atoms. The van der Waals surface area contributed by atoms with Crippen molar-refractivity contribution >= 4 is 17.4 Å². The second-order valence-corrected chi connectivity index (χ2v) is 4.63. The highest BCUT2D eigenvalue weighted by Gasteiger charge is 2.02. The molecule has 0 aromatic carbocycles. The number of hydrogen-bond donors (Lipinski definition) is 1. The smallest absolute Gasteiger partial charge is 0.0900 e. The molecule has 1 aromatic rings. The molecule has 72 valence electrons. The van der Waals surface area contributed by atoms with Gasteiger partial charge in [0.25, 0.3) is 0 Å². The zero-order valence-corrected chi connectivity index (χ0v) is 9.19. The van der Waals surface area contributed by atoms with Gasteiger partial charge >= 0.3 is 0 Å². The summed E-state index contributed by atoms with van der Waals surface area (Å²) in [6.45, 7) is 6.97. The van der Waals surface area contributed by atoms with E-state index in [9.17, 15) is 0 Å². The Morgan fingerprint density at radius 2 is 2.38 bits per heavy atom. The number of aryl methyl sites for hydroxylation is 1. The van der Waals surface area contributed by atoms with Crippen LogP contribution in [0.2, 0.25) is 0 Å². The predicted molar refractivity (Wildman–Crippen MR) is 58.7 cm³/mol. The Hall–Kier alpha value is -0.670. The number of nitrogens with two attached hydrogens (primary N) is 1. The Morgan fingerprint density at radius 1 is 1.69 bits per heavy atom. The zero-order chi connectivity index (χ0) is 9.84. The Labute approximate surface area is 83.5 Å². The van der Waals surface area contributed by atoms with Crippen molar-refractivity contribution < 1.29 is 0 Å². The van der Waals surface area contributed by atoms with Crippen LogP contribution in [0.1, 0.15) is 23.7 Å². The van der Waals surface area contributed by atoms with E-state index in [1.54, 1.807) is 11.3 Å². The molecule has 0 aliphatic rings. The highest BCUT2D eigenvalue weighted by molar-refractivity contribution is 7.12. The van der Waals surface area contributed by atoms with E-state index in [4.69, 9.17) is 5.73 Å². The van der Waals surface area contributed by atoms with Crippen LogP contribution in [0.15, 0.2) is 11.8 Å². The molecule has 0 saturated carbocycles. The van der Waals surface area contributed by atoms with Crippen LogP contribution in [-0.2, 0) is 0 Å². The molecule has 1 aromatic heterocycles. The molecule has 1 rings (SSSR count). The fraction of sp³-hybridized carbons (Fsp3) is 0.500. The molecule has 0 saturated heterocycles. The monoisotopic (exact) mass is 196 g/mol. The van der Waals surface area contributed by atoms with Crippen LogP contribution in [0.5, 0.6) is 0 Å². The van der Waals surface area contributed by atoms with E-state index in [-0.39, 0.29) is 0 Å². The van der Waals surface area contributed by atoms with Gasteiger partial charge < -0.3 is 5.73 Å². The molecule has 0 aliphatic carbocycles. The molecule has 0 spiro atoms. The quantitative estimate of drug-likeness (QED) is 0.806. The van der Waals surface area contributed by atoms with Crippen molar-refractivity contribution in [1.82, 2.24) is 4.98 Å². The van der Waals surface area contributed by atoms with Crippen LogP contribution >= 0.6 is 11.3 Å². The lowest BCUT2D eigenvalue weighted by Crippen LogP contribution is -2.07. The fourth-order valence-electron chi connectivity index (χ4n) is 1.09. The molecule has 0 radical (unpaired) electrons. The molecule has 0 aliphatic heterocycles.